The lowest BCUT2D eigenvalue weighted by Crippen LogP contribution is -2.46. The molecule has 0 amide bonds. The first-order valence-corrected chi connectivity index (χ1v) is 10.2. The minimum absolute atomic E-state index is 0.140. The maximum absolute atomic E-state index is 11.0. The summed E-state index contributed by atoms with van der Waals surface area (Å²) in [5.41, 5.74) is 1.06. The summed E-state index contributed by atoms with van der Waals surface area (Å²) < 4.78 is 5.35. The third-order valence-electron chi connectivity index (χ3n) is 4.85. The van der Waals surface area contributed by atoms with Gasteiger partial charge in [0.1, 0.15) is 0 Å². The molecule has 2 aromatic heterocycles. The van der Waals surface area contributed by atoms with Crippen molar-refractivity contribution in [3.8, 4) is 10.7 Å². The van der Waals surface area contributed by atoms with E-state index in [0.717, 1.165) is 56.1 Å². The third kappa shape index (κ3) is 4.37. The first kappa shape index (κ1) is 18.6. The van der Waals surface area contributed by atoms with Crippen LogP contribution in [0, 0.1) is 10.1 Å². The Bertz CT molecular complexity index is 919. The Morgan fingerprint density at radius 2 is 2.04 bits per heavy atom. The van der Waals surface area contributed by atoms with Gasteiger partial charge in [-0.25, -0.2) is 0 Å². The van der Waals surface area contributed by atoms with Crippen LogP contribution in [0.3, 0.4) is 0 Å². The maximum atomic E-state index is 11.0. The second-order valence-corrected chi connectivity index (χ2v) is 7.65. The number of non-ortho nitro benzene ring substituents is 1. The number of anilines is 1. The molecule has 0 N–H and O–H groups in total. The van der Waals surface area contributed by atoms with Crippen LogP contribution in [0.25, 0.3) is 10.7 Å². The van der Waals surface area contributed by atoms with Crippen molar-refractivity contribution in [3.05, 3.63) is 57.8 Å². The van der Waals surface area contributed by atoms with Crippen molar-refractivity contribution in [2.75, 3.05) is 37.6 Å². The fourth-order valence-electron chi connectivity index (χ4n) is 3.35. The summed E-state index contributed by atoms with van der Waals surface area (Å²) in [6, 6.07) is 10.8. The zero-order chi connectivity index (χ0) is 19.3. The predicted molar refractivity (Wildman–Crippen MR) is 108 cm³/mol. The Balaban J connectivity index is 1.23. The number of rotatable bonds is 7. The second-order valence-electron chi connectivity index (χ2n) is 6.70. The predicted octanol–water partition coefficient (Wildman–Crippen LogP) is 3.46. The van der Waals surface area contributed by atoms with Crippen LogP contribution in [0.15, 0.2) is 46.3 Å². The van der Waals surface area contributed by atoms with Gasteiger partial charge in [-0.05, 0) is 30.5 Å². The number of piperazine rings is 1. The number of thiophene rings is 1. The van der Waals surface area contributed by atoms with Gasteiger partial charge in [-0.3, -0.25) is 15.0 Å². The molecule has 1 aliphatic heterocycles. The maximum Gasteiger partial charge on any atom is 0.271 e. The lowest BCUT2D eigenvalue weighted by Gasteiger charge is -2.36. The Morgan fingerprint density at radius 3 is 2.79 bits per heavy atom. The molecular formula is C19H21N5O3S. The Morgan fingerprint density at radius 1 is 1.18 bits per heavy atom. The van der Waals surface area contributed by atoms with Gasteiger partial charge in [-0.1, -0.05) is 17.3 Å². The smallest absolute Gasteiger partial charge is 0.271 e. The quantitative estimate of drug-likeness (QED) is 0.444. The molecule has 0 bridgehead atoms. The van der Waals surface area contributed by atoms with Gasteiger partial charge in [0, 0.05) is 50.4 Å². The molecule has 0 spiro atoms. The number of benzene rings is 1. The lowest BCUT2D eigenvalue weighted by molar-refractivity contribution is -0.384. The van der Waals surface area contributed by atoms with Crippen LogP contribution in [-0.2, 0) is 6.42 Å². The molecular weight excluding hydrogens is 378 g/mol. The fraction of sp³-hybridized carbons (Fsp3) is 0.368. The zero-order valence-electron chi connectivity index (χ0n) is 15.4. The van der Waals surface area contributed by atoms with Gasteiger partial charge in [0.15, 0.2) is 0 Å². The van der Waals surface area contributed by atoms with Crippen LogP contribution in [0.2, 0.25) is 0 Å². The summed E-state index contributed by atoms with van der Waals surface area (Å²) in [6.45, 7) is 4.58. The van der Waals surface area contributed by atoms with Crippen molar-refractivity contribution in [3.63, 3.8) is 0 Å². The van der Waals surface area contributed by atoms with Crippen LogP contribution in [-0.4, -0.2) is 52.7 Å². The van der Waals surface area contributed by atoms with E-state index in [2.05, 4.69) is 19.9 Å². The van der Waals surface area contributed by atoms with E-state index in [1.54, 1.807) is 23.5 Å². The van der Waals surface area contributed by atoms with E-state index < -0.39 is 0 Å². The molecule has 0 saturated carbocycles. The van der Waals surface area contributed by atoms with E-state index in [-0.39, 0.29) is 10.6 Å². The van der Waals surface area contributed by atoms with Crippen molar-refractivity contribution >= 4 is 22.7 Å². The van der Waals surface area contributed by atoms with Crippen LogP contribution < -0.4 is 4.90 Å². The topological polar surface area (TPSA) is 88.5 Å². The van der Waals surface area contributed by atoms with Gasteiger partial charge in [0.2, 0.25) is 11.7 Å². The first-order valence-electron chi connectivity index (χ1n) is 9.27. The molecule has 3 aromatic rings. The molecule has 1 aromatic carbocycles. The highest BCUT2D eigenvalue weighted by molar-refractivity contribution is 7.13. The Hall–Kier alpha value is -2.78. The van der Waals surface area contributed by atoms with Gasteiger partial charge >= 0.3 is 0 Å². The summed E-state index contributed by atoms with van der Waals surface area (Å²) in [5, 5.41) is 17.0. The highest BCUT2D eigenvalue weighted by atomic mass is 32.1. The van der Waals surface area contributed by atoms with Crippen molar-refractivity contribution in [2.24, 2.45) is 0 Å². The average Bonchev–Trinajstić information content (AvgIpc) is 3.40. The number of hydrogen-bond donors (Lipinski definition) is 0. The Labute approximate surface area is 166 Å². The molecule has 146 valence electrons. The molecule has 4 rings (SSSR count). The van der Waals surface area contributed by atoms with E-state index in [4.69, 9.17) is 4.52 Å². The van der Waals surface area contributed by atoms with Crippen LogP contribution >= 0.6 is 11.3 Å². The summed E-state index contributed by atoms with van der Waals surface area (Å²) in [7, 11) is 0. The van der Waals surface area contributed by atoms with E-state index >= 15 is 0 Å². The molecule has 1 aliphatic rings. The fourth-order valence-corrected chi connectivity index (χ4v) is 4.00. The number of aryl methyl sites for hydroxylation is 1. The van der Waals surface area contributed by atoms with Gasteiger partial charge in [0.05, 0.1) is 9.80 Å². The molecule has 1 fully saturated rings. The molecule has 0 radical (unpaired) electrons. The van der Waals surface area contributed by atoms with Crippen LogP contribution in [0.4, 0.5) is 11.4 Å². The van der Waals surface area contributed by atoms with Gasteiger partial charge in [-0.15, -0.1) is 11.3 Å². The summed E-state index contributed by atoms with van der Waals surface area (Å²) >= 11 is 1.60. The second kappa shape index (κ2) is 8.49. The Kier molecular flexibility index (Phi) is 5.63. The monoisotopic (exact) mass is 399 g/mol. The van der Waals surface area contributed by atoms with Crippen molar-refractivity contribution in [1.29, 1.82) is 0 Å². The van der Waals surface area contributed by atoms with E-state index in [1.807, 2.05) is 23.6 Å². The average molecular weight is 399 g/mol. The normalized spacial score (nSPS) is 15.1. The number of nitrogens with zero attached hydrogens (tertiary/aromatic N) is 5. The number of aromatic nitrogens is 2. The molecule has 9 heteroatoms. The number of nitro benzene ring substituents is 1. The van der Waals surface area contributed by atoms with E-state index in [9.17, 15) is 10.1 Å². The molecule has 3 heterocycles. The molecule has 8 nitrogen and oxygen atoms in total. The molecule has 0 aliphatic carbocycles. The highest BCUT2D eigenvalue weighted by Crippen LogP contribution is 2.23. The standard InChI is InChI=1S/C19H21N5O3S/c25-24(26)16-5-1-4-15(14-16)23-11-9-22(10-12-23)8-2-7-18-20-19(21-27-18)17-6-3-13-28-17/h1,3-6,13-14H,2,7-12H2. The minimum atomic E-state index is -0.346. The minimum Gasteiger partial charge on any atom is -0.369 e. The van der Waals surface area contributed by atoms with E-state index in [0.29, 0.717) is 11.7 Å². The molecule has 0 atom stereocenters. The van der Waals surface area contributed by atoms with Crippen molar-refractivity contribution in [2.45, 2.75) is 12.8 Å². The molecule has 0 unspecified atom stereocenters. The zero-order valence-corrected chi connectivity index (χ0v) is 16.2. The van der Waals surface area contributed by atoms with Crippen LogP contribution in [0.1, 0.15) is 12.3 Å². The van der Waals surface area contributed by atoms with Crippen molar-refractivity contribution < 1.29 is 9.45 Å². The van der Waals surface area contributed by atoms with Gasteiger partial charge in [-0.2, -0.15) is 4.98 Å². The van der Waals surface area contributed by atoms with Crippen molar-refractivity contribution in [1.82, 2.24) is 15.0 Å². The van der Waals surface area contributed by atoms with Gasteiger partial charge in [0.25, 0.3) is 5.69 Å². The SMILES string of the molecule is O=[N+]([O-])c1cccc(N2CCN(CCCc3nc(-c4cccs4)no3)CC2)c1. The first-order chi connectivity index (χ1) is 13.7. The number of hydrogen-bond acceptors (Lipinski definition) is 8. The van der Waals surface area contributed by atoms with Gasteiger partial charge < -0.3 is 9.42 Å². The lowest BCUT2D eigenvalue weighted by atomic mass is 10.2. The molecule has 1 saturated heterocycles. The molecule has 28 heavy (non-hydrogen) atoms. The summed E-state index contributed by atoms with van der Waals surface area (Å²) in [5.74, 6) is 1.34. The summed E-state index contributed by atoms with van der Waals surface area (Å²) in [6.07, 6.45) is 1.73. The number of nitro groups is 1. The summed E-state index contributed by atoms with van der Waals surface area (Å²) in [4.78, 5) is 20.7. The largest absolute Gasteiger partial charge is 0.369 e. The van der Waals surface area contributed by atoms with Crippen LogP contribution in [0.5, 0.6) is 0 Å². The highest BCUT2D eigenvalue weighted by Gasteiger charge is 2.19. The third-order valence-corrected chi connectivity index (χ3v) is 5.72. The van der Waals surface area contributed by atoms with E-state index in [1.165, 1.54) is 6.07 Å².